The number of nitrogens with zero attached hydrogens (tertiary/aromatic N) is 2. The molecule has 1 aromatic heterocycles. The molecule has 1 unspecified atom stereocenters. The number of fused-ring (bicyclic) bond motifs is 1. The van der Waals surface area contributed by atoms with E-state index >= 15 is 0 Å². The molecule has 0 bridgehead atoms. The van der Waals surface area contributed by atoms with E-state index in [1.54, 1.807) is 24.4 Å². The van der Waals surface area contributed by atoms with E-state index in [1.807, 2.05) is 60.7 Å². The Morgan fingerprint density at radius 1 is 0.938 bits per heavy atom. The highest BCUT2D eigenvalue weighted by Crippen LogP contribution is 2.17. The highest BCUT2D eigenvalue weighted by atomic mass is 16.5. The zero-order valence-electron chi connectivity index (χ0n) is 17.4. The number of hydrogen-bond donors (Lipinski definition) is 1. The summed E-state index contributed by atoms with van der Waals surface area (Å²) in [5.41, 5.74) is 6.26. The molecule has 1 heterocycles. The number of amides is 1. The van der Waals surface area contributed by atoms with Gasteiger partial charge in [-0.1, -0.05) is 48.5 Å². The zero-order valence-corrected chi connectivity index (χ0v) is 17.4. The molecule has 0 saturated heterocycles. The van der Waals surface area contributed by atoms with Gasteiger partial charge in [0.25, 0.3) is 11.5 Å². The molecular weight excluding hydrogens is 406 g/mol. The molecule has 0 radical (unpaired) electrons. The van der Waals surface area contributed by atoms with E-state index in [0.717, 1.165) is 10.9 Å². The van der Waals surface area contributed by atoms with Crippen LogP contribution in [0.2, 0.25) is 0 Å². The van der Waals surface area contributed by atoms with E-state index in [0.29, 0.717) is 36.5 Å². The molecule has 0 aliphatic carbocycles. The fourth-order valence-corrected chi connectivity index (χ4v) is 3.34. The lowest BCUT2D eigenvalue weighted by molar-refractivity contribution is -0.124. The van der Waals surface area contributed by atoms with Crippen LogP contribution in [0.25, 0.3) is 10.8 Å². The van der Waals surface area contributed by atoms with Crippen LogP contribution in [-0.4, -0.2) is 28.4 Å². The van der Waals surface area contributed by atoms with Crippen molar-refractivity contribution in [1.82, 2.24) is 9.78 Å². The maximum atomic E-state index is 12.5. The minimum Gasteiger partial charge on any atom is -0.492 e. The summed E-state index contributed by atoms with van der Waals surface area (Å²) in [5.74, 6) is 0.721. The molecule has 7 heteroatoms. The summed E-state index contributed by atoms with van der Waals surface area (Å²) < 4.78 is 12.9. The average Bonchev–Trinajstić information content (AvgIpc) is 2.82. The van der Waals surface area contributed by atoms with Crippen molar-refractivity contribution in [2.45, 2.75) is 19.1 Å². The van der Waals surface area contributed by atoms with Gasteiger partial charge in [0.15, 0.2) is 6.10 Å². The molecule has 4 rings (SSSR count). The van der Waals surface area contributed by atoms with Gasteiger partial charge in [0.05, 0.1) is 18.1 Å². The molecule has 0 aliphatic rings. The first-order valence-electron chi connectivity index (χ1n) is 10.3. The van der Waals surface area contributed by atoms with Gasteiger partial charge in [0, 0.05) is 11.8 Å². The van der Waals surface area contributed by atoms with Crippen LogP contribution in [0, 0.1) is 0 Å². The first-order chi connectivity index (χ1) is 15.6. The van der Waals surface area contributed by atoms with Crippen LogP contribution in [0.1, 0.15) is 5.56 Å². The normalized spacial score (nSPS) is 11.8. The molecule has 1 atom stereocenters. The summed E-state index contributed by atoms with van der Waals surface area (Å²) in [6, 6.07) is 23.8. The second-order valence-corrected chi connectivity index (χ2v) is 7.28. The quantitative estimate of drug-likeness (QED) is 0.441. The lowest BCUT2D eigenvalue weighted by atomic mass is 10.1. The van der Waals surface area contributed by atoms with E-state index in [9.17, 15) is 9.59 Å². The van der Waals surface area contributed by atoms with Crippen LogP contribution in [0.4, 0.5) is 0 Å². The van der Waals surface area contributed by atoms with Crippen molar-refractivity contribution in [3.63, 3.8) is 0 Å². The van der Waals surface area contributed by atoms with Crippen molar-refractivity contribution in [2.24, 2.45) is 5.73 Å². The fourth-order valence-electron chi connectivity index (χ4n) is 3.34. The maximum absolute atomic E-state index is 12.5. The second kappa shape index (κ2) is 9.78. The van der Waals surface area contributed by atoms with E-state index in [1.165, 1.54) is 4.68 Å². The van der Waals surface area contributed by atoms with Crippen molar-refractivity contribution in [3.05, 3.63) is 101 Å². The number of rotatable bonds is 9. The Balaban J connectivity index is 1.34. The number of ether oxygens (including phenoxy) is 2. The molecule has 32 heavy (non-hydrogen) atoms. The maximum Gasteiger partial charge on any atom is 0.274 e. The fraction of sp³-hybridized carbons (Fsp3) is 0.160. The first-order valence-corrected chi connectivity index (χ1v) is 10.3. The number of benzene rings is 3. The zero-order chi connectivity index (χ0) is 22.3. The molecule has 3 aromatic carbocycles. The Hall–Kier alpha value is -4.13. The highest BCUT2D eigenvalue weighted by molar-refractivity contribution is 5.80. The Morgan fingerprint density at radius 2 is 1.66 bits per heavy atom. The lowest BCUT2D eigenvalue weighted by Gasteiger charge is -2.16. The van der Waals surface area contributed by atoms with Crippen molar-refractivity contribution < 1.29 is 14.3 Å². The number of carbonyl (C=O) groups is 1. The third-order valence-corrected chi connectivity index (χ3v) is 5.02. The molecule has 0 aliphatic heterocycles. The van der Waals surface area contributed by atoms with Gasteiger partial charge >= 0.3 is 0 Å². The van der Waals surface area contributed by atoms with Crippen LogP contribution in [0.15, 0.2) is 89.9 Å². The predicted octanol–water partition coefficient (Wildman–Crippen LogP) is 2.95. The van der Waals surface area contributed by atoms with Crippen LogP contribution < -0.4 is 20.8 Å². The summed E-state index contributed by atoms with van der Waals surface area (Å²) in [7, 11) is 0. The van der Waals surface area contributed by atoms with Crippen molar-refractivity contribution in [3.8, 4) is 11.5 Å². The number of hydrogen-bond acceptors (Lipinski definition) is 5. The van der Waals surface area contributed by atoms with Crippen LogP contribution >= 0.6 is 0 Å². The smallest absolute Gasteiger partial charge is 0.274 e. The van der Waals surface area contributed by atoms with Crippen LogP contribution in [0.3, 0.4) is 0 Å². The molecule has 0 fully saturated rings. The highest BCUT2D eigenvalue weighted by Gasteiger charge is 2.18. The van der Waals surface area contributed by atoms with Crippen molar-refractivity contribution >= 4 is 16.7 Å². The summed E-state index contributed by atoms with van der Waals surface area (Å²) in [6.07, 6.45) is 1.26. The Bertz CT molecular complexity index is 1250. The van der Waals surface area contributed by atoms with Gasteiger partial charge in [-0.2, -0.15) is 5.10 Å². The lowest BCUT2D eigenvalue weighted by Crippen LogP contribution is -2.35. The molecule has 4 aromatic rings. The van der Waals surface area contributed by atoms with Gasteiger partial charge in [-0.3, -0.25) is 9.59 Å². The van der Waals surface area contributed by atoms with E-state index in [2.05, 4.69) is 5.10 Å². The van der Waals surface area contributed by atoms with E-state index in [-0.39, 0.29) is 5.56 Å². The molecule has 0 saturated carbocycles. The van der Waals surface area contributed by atoms with Gasteiger partial charge in [-0.15, -0.1) is 0 Å². The summed E-state index contributed by atoms with van der Waals surface area (Å²) in [5, 5.41) is 5.65. The van der Waals surface area contributed by atoms with Crippen LogP contribution in [0.5, 0.6) is 11.5 Å². The predicted molar refractivity (Wildman–Crippen MR) is 122 cm³/mol. The number of primary amides is 1. The summed E-state index contributed by atoms with van der Waals surface area (Å²) in [6.45, 7) is 0.631. The number of aromatic nitrogens is 2. The van der Waals surface area contributed by atoms with Crippen molar-refractivity contribution in [2.75, 3.05) is 6.61 Å². The molecule has 0 spiro atoms. The van der Waals surface area contributed by atoms with Gasteiger partial charge in [0.1, 0.15) is 18.1 Å². The third-order valence-electron chi connectivity index (χ3n) is 5.02. The number of nitrogens with two attached hydrogens (primary N) is 1. The van der Waals surface area contributed by atoms with E-state index < -0.39 is 12.0 Å². The molecule has 7 nitrogen and oxygen atoms in total. The Kier molecular flexibility index (Phi) is 6.46. The van der Waals surface area contributed by atoms with Gasteiger partial charge in [-0.25, -0.2) is 4.68 Å². The number of carbonyl (C=O) groups excluding carboxylic acids is 1. The summed E-state index contributed by atoms with van der Waals surface area (Å²) in [4.78, 5) is 24.3. The van der Waals surface area contributed by atoms with Gasteiger partial charge in [0.2, 0.25) is 0 Å². The third kappa shape index (κ3) is 5.13. The average molecular weight is 429 g/mol. The first kappa shape index (κ1) is 21.1. The standard InChI is InChI=1S/C25H23N3O4/c26-24(29)23(32-21-7-2-1-3-8-21)16-18-10-12-20(13-11-18)31-15-14-28-25(30)22-9-5-4-6-19(22)17-27-28/h1-13,17,23H,14-16H2,(H2,26,29). The van der Waals surface area contributed by atoms with Gasteiger partial charge in [-0.05, 0) is 35.9 Å². The Morgan fingerprint density at radius 3 is 2.41 bits per heavy atom. The summed E-state index contributed by atoms with van der Waals surface area (Å²) >= 11 is 0. The Labute approximate surface area is 185 Å². The number of para-hydroxylation sites is 1. The van der Waals surface area contributed by atoms with Crippen LogP contribution in [-0.2, 0) is 17.8 Å². The van der Waals surface area contributed by atoms with Crippen molar-refractivity contribution in [1.29, 1.82) is 0 Å². The minimum atomic E-state index is -0.768. The SMILES string of the molecule is NC(=O)C(Cc1ccc(OCCn2ncc3ccccc3c2=O)cc1)Oc1ccccc1. The molecule has 1 amide bonds. The van der Waals surface area contributed by atoms with Gasteiger partial charge < -0.3 is 15.2 Å². The minimum absolute atomic E-state index is 0.141. The largest absolute Gasteiger partial charge is 0.492 e. The molecular formula is C25H23N3O4. The molecule has 162 valence electrons. The van der Waals surface area contributed by atoms with E-state index in [4.69, 9.17) is 15.2 Å². The monoisotopic (exact) mass is 429 g/mol. The second-order valence-electron chi connectivity index (χ2n) is 7.28. The topological polar surface area (TPSA) is 96.4 Å². The molecule has 2 N–H and O–H groups in total.